The Balaban J connectivity index is 1.65. The first-order valence-corrected chi connectivity index (χ1v) is 6.83. The van der Waals surface area contributed by atoms with Gasteiger partial charge in [0.1, 0.15) is 5.69 Å². The summed E-state index contributed by atoms with van der Waals surface area (Å²) in [7, 11) is 0. The molecule has 1 aromatic heterocycles. The highest BCUT2D eigenvalue weighted by atomic mass is 16.5. The number of hydrogen-bond acceptors (Lipinski definition) is 5. The summed E-state index contributed by atoms with van der Waals surface area (Å²) in [6.45, 7) is 2.46. The molecular weight excluding hydrogens is 276 g/mol. The molecule has 7 nitrogen and oxygen atoms in total. The highest BCUT2D eigenvalue weighted by Crippen LogP contribution is 2.08. The largest absolute Gasteiger partial charge is 0.477 e. The lowest BCUT2D eigenvalue weighted by atomic mass is 10.2. The summed E-state index contributed by atoms with van der Waals surface area (Å²) in [5.74, 6) is -1.39. The van der Waals surface area contributed by atoms with Gasteiger partial charge in [-0.05, 0) is 25.0 Å². The highest BCUT2D eigenvalue weighted by Gasteiger charge is 2.15. The van der Waals surface area contributed by atoms with E-state index in [0.717, 1.165) is 13.0 Å². The molecule has 1 fully saturated rings. The van der Waals surface area contributed by atoms with Crippen LogP contribution >= 0.6 is 0 Å². The Morgan fingerprint density at radius 3 is 2.95 bits per heavy atom. The molecule has 1 saturated heterocycles. The van der Waals surface area contributed by atoms with Crippen LogP contribution in [0.4, 0.5) is 0 Å². The standard InChI is InChI=1S/C14H18N2O5/c17-13(10-2-3-12(14(18)19)16-8-10)15-5-1-6-21-11-4-7-20-9-11/h2-3,8,11H,1,4-7,9H2,(H,15,17)(H,18,19). The maximum atomic E-state index is 11.8. The first-order valence-electron chi connectivity index (χ1n) is 6.83. The smallest absolute Gasteiger partial charge is 0.354 e. The Labute approximate surface area is 122 Å². The summed E-state index contributed by atoms with van der Waals surface area (Å²) in [4.78, 5) is 26.1. The molecular formula is C14H18N2O5. The van der Waals surface area contributed by atoms with Crippen LogP contribution in [0.2, 0.25) is 0 Å². The molecule has 0 radical (unpaired) electrons. The van der Waals surface area contributed by atoms with Crippen molar-refractivity contribution in [2.24, 2.45) is 0 Å². The Morgan fingerprint density at radius 1 is 1.48 bits per heavy atom. The molecule has 0 bridgehead atoms. The van der Waals surface area contributed by atoms with Crippen LogP contribution in [0.25, 0.3) is 0 Å². The molecule has 7 heteroatoms. The van der Waals surface area contributed by atoms with Crippen LogP contribution in [-0.2, 0) is 9.47 Å². The topological polar surface area (TPSA) is 97.8 Å². The van der Waals surface area contributed by atoms with Crippen molar-refractivity contribution in [3.05, 3.63) is 29.6 Å². The molecule has 21 heavy (non-hydrogen) atoms. The van der Waals surface area contributed by atoms with E-state index in [2.05, 4.69) is 10.3 Å². The van der Waals surface area contributed by atoms with Crippen LogP contribution in [0.15, 0.2) is 18.3 Å². The molecule has 0 saturated carbocycles. The van der Waals surface area contributed by atoms with Crippen molar-refractivity contribution in [2.75, 3.05) is 26.4 Å². The van der Waals surface area contributed by atoms with Crippen molar-refractivity contribution in [2.45, 2.75) is 18.9 Å². The molecule has 1 aliphatic heterocycles. The number of hydrogen-bond donors (Lipinski definition) is 2. The molecule has 0 spiro atoms. The van der Waals surface area contributed by atoms with Crippen molar-refractivity contribution in [3.63, 3.8) is 0 Å². The maximum absolute atomic E-state index is 11.8. The fourth-order valence-electron chi connectivity index (χ4n) is 1.93. The molecule has 1 aliphatic rings. The summed E-state index contributed by atoms with van der Waals surface area (Å²) in [6.07, 6.45) is 3.07. The molecule has 114 valence electrons. The van der Waals surface area contributed by atoms with E-state index < -0.39 is 5.97 Å². The van der Waals surface area contributed by atoms with Gasteiger partial charge < -0.3 is 19.9 Å². The molecule has 1 amide bonds. The number of amides is 1. The fourth-order valence-corrected chi connectivity index (χ4v) is 1.93. The minimum absolute atomic E-state index is 0.0845. The lowest BCUT2D eigenvalue weighted by molar-refractivity contribution is 0.0415. The second kappa shape index (κ2) is 7.70. The van der Waals surface area contributed by atoms with Crippen LogP contribution in [0, 0.1) is 0 Å². The Hall–Kier alpha value is -1.99. The van der Waals surface area contributed by atoms with Crippen molar-refractivity contribution in [3.8, 4) is 0 Å². The van der Waals surface area contributed by atoms with Gasteiger partial charge in [-0.3, -0.25) is 4.79 Å². The maximum Gasteiger partial charge on any atom is 0.354 e. The lowest BCUT2D eigenvalue weighted by Gasteiger charge is -2.10. The zero-order valence-corrected chi connectivity index (χ0v) is 11.6. The SMILES string of the molecule is O=C(NCCCOC1CCOC1)c1ccc(C(=O)O)nc1. The predicted molar refractivity (Wildman–Crippen MR) is 73.3 cm³/mol. The third-order valence-electron chi connectivity index (χ3n) is 3.09. The Morgan fingerprint density at radius 2 is 2.33 bits per heavy atom. The average Bonchev–Trinajstić information content (AvgIpc) is 3.00. The van der Waals surface area contributed by atoms with Crippen molar-refractivity contribution in [1.82, 2.24) is 10.3 Å². The number of aromatic carboxylic acids is 1. The van der Waals surface area contributed by atoms with Gasteiger partial charge in [-0.15, -0.1) is 0 Å². The van der Waals surface area contributed by atoms with E-state index in [1.165, 1.54) is 18.3 Å². The average molecular weight is 294 g/mol. The van der Waals surface area contributed by atoms with E-state index >= 15 is 0 Å². The van der Waals surface area contributed by atoms with Crippen molar-refractivity contribution < 1.29 is 24.2 Å². The molecule has 2 heterocycles. The fraction of sp³-hybridized carbons (Fsp3) is 0.500. The van der Waals surface area contributed by atoms with Gasteiger partial charge in [0.25, 0.3) is 5.91 Å². The van der Waals surface area contributed by atoms with Gasteiger partial charge in [-0.1, -0.05) is 0 Å². The summed E-state index contributed by atoms with van der Waals surface area (Å²) < 4.78 is 10.8. The van der Waals surface area contributed by atoms with Gasteiger partial charge in [0.2, 0.25) is 0 Å². The van der Waals surface area contributed by atoms with Crippen molar-refractivity contribution >= 4 is 11.9 Å². The van der Waals surface area contributed by atoms with E-state index in [4.69, 9.17) is 14.6 Å². The van der Waals surface area contributed by atoms with Gasteiger partial charge in [-0.25, -0.2) is 9.78 Å². The van der Waals surface area contributed by atoms with Crippen LogP contribution < -0.4 is 5.32 Å². The van der Waals surface area contributed by atoms with Gasteiger partial charge in [0, 0.05) is 26.0 Å². The van der Waals surface area contributed by atoms with Gasteiger partial charge in [0.15, 0.2) is 0 Å². The number of carboxylic acids is 1. The molecule has 2 N–H and O–H groups in total. The summed E-state index contributed by atoms with van der Waals surface area (Å²) in [5.41, 5.74) is 0.254. The van der Waals surface area contributed by atoms with Gasteiger partial charge in [0.05, 0.1) is 18.3 Å². The molecule has 0 aliphatic carbocycles. The number of nitrogens with one attached hydrogen (secondary N) is 1. The van der Waals surface area contributed by atoms with Crippen LogP contribution in [-0.4, -0.2) is 54.4 Å². The quantitative estimate of drug-likeness (QED) is 0.719. The van der Waals surface area contributed by atoms with E-state index in [0.29, 0.717) is 31.7 Å². The number of carboxylic acid groups (broad SMARTS) is 1. The lowest BCUT2D eigenvalue weighted by Crippen LogP contribution is -2.26. The number of pyridine rings is 1. The second-order valence-corrected chi connectivity index (χ2v) is 4.70. The number of aromatic nitrogens is 1. The molecule has 1 unspecified atom stereocenters. The number of nitrogens with zero attached hydrogens (tertiary/aromatic N) is 1. The minimum Gasteiger partial charge on any atom is -0.477 e. The predicted octanol–water partition coefficient (Wildman–Crippen LogP) is 0.705. The normalized spacial score (nSPS) is 17.6. The van der Waals surface area contributed by atoms with Gasteiger partial charge >= 0.3 is 5.97 Å². The van der Waals surface area contributed by atoms with E-state index in [1.54, 1.807) is 0 Å². The number of carbonyl (C=O) groups excluding carboxylic acids is 1. The monoisotopic (exact) mass is 294 g/mol. The van der Waals surface area contributed by atoms with Crippen LogP contribution in [0.5, 0.6) is 0 Å². The number of rotatable bonds is 7. The summed E-state index contributed by atoms with van der Waals surface area (Å²) >= 11 is 0. The zero-order chi connectivity index (χ0) is 15.1. The van der Waals surface area contributed by atoms with Crippen LogP contribution in [0.3, 0.4) is 0 Å². The van der Waals surface area contributed by atoms with E-state index in [-0.39, 0.29) is 17.7 Å². The molecule has 2 rings (SSSR count). The van der Waals surface area contributed by atoms with Crippen molar-refractivity contribution in [1.29, 1.82) is 0 Å². The first kappa shape index (κ1) is 15.4. The third-order valence-corrected chi connectivity index (χ3v) is 3.09. The number of ether oxygens (including phenoxy) is 2. The number of carbonyl (C=O) groups is 2. The third kappa shape index (κ3) is 4.80. The summed E-state index contributed by atoms with van der Waals surface area (Å²) in [6, 6.07) is 2.75. The zero-order valence-electron chi connectivity index (χ0n) is 11.6. The molecule has 0 aromatic carbocycles. The Bertz CT molecular complexity index is 483. The summed E-state index contributed by atoms with van der Waals surface area (Å²) in [5, 5.41) is 11.5. The second-order valence-electron chi connectivity index (χ2n) is 4.70. The minimum atomic E-state index is -1.12. The van der Waals surface area contributed by atoms with Crippen LogP contribution in [0.1, 0.15) is 33.7 Å². The first-order chi connectivity index (χ1) is 10.2. The van der Waals surface area contributed by atoms with E-state index in [9.17, 15) is 9.59 Å². The van der Waals surface area contributed by atoms with E-state index in [1.807, 2.05) is 0 Å². The van der Waals surface area contributed by atoms with Gasteiger partial charge in [-0.2, -0.15) is 0 Å². The molecule has 1 atom stereocenters. The molecule has 1 aromatic rings. The highest BCUT2D eigenvalue weighted by molar-refractivity contribution is 5.94. The Kier molecular flexibility index (Phi) is 5.65.